The standard InChI is InChI=1S/C17H24N2O5/c1-23-13-2-3-16(21)15(7-13)17(22)18-11-6-12-10-24-14(4-5-20)9-19(12)8-11/h2-3,7,11-12,14,20-21H,4-6,8-10H2,1H3,(H,18,22)/t11-,12-,14-/m0/s1. The fourth-order valence-electron chi connectivity index (χ4n) is 3.45. The Labute approximate surface area is 141 Å². The molecule has 0 spiro atoms. The minimum absolute atomic E-state index is 0.0181. The number of ether oxygens (including phenoxy) is 2. The Morgan fingerprint density at radius 1 is 1.46 bits per heavy atom. The summed E-state index contributed by atoms with van der Waals surface area (Å²) in [6, 6.07) is 4.92. The largest absolute Gasteiger partial charge is 0.507 e. The molecule has 7 nitrogen and oxygen atoms in total. The van der Waals surface area contributed by atoms with Gasteiger partial charge < -0.3 is 25.0 Å². The number of nitrogens with one attached hydrogen (secondary N) is 1. The lowest BCUT2D eigenvalue weighted by Gasteiger charge is -2.34. The minimum atomic E-state index is -0.302. The zero-order chi connectivity index (χ0) is 17.1. The molecule has 3 atom stereocenters. The average molecular weight is 336 g/mol. The number of aliphatic hydroxyl groups excluding tert-OH is 1. The normalized spacial score (nSPS) is 26.8. The summed E-state index contributed by atoms with van der Waals surface area (Å²) in [6.07, 6.45) is 1.52. The van der Waals surface area contributed by atoms with Crippen molar-refractivity contribution in [1.29, 1.82) is 0 Å². The zero-order valence-corrected chi connectivity index (χ0v) is 13.8. The summed E-state index contributed by atoms with van der Waals surface area (Å²) in [7, 11) is 1.52. The quantitative estimate of drug-likeness (QED) is 0.719. The number of carbonyl (C=O) groups excluding carboxylic acids is 1. The van der Waals surface area contributed by atoms with E-state index in [0.717, 1.165) is 19.5 Å². The Kier molecular flexibility index (Phi) is 5.23. The van der Waals surface area contributed by atoms with E-state index >= 15 is 0 Å². The zero-order valence-electron chi connectivity index (χ0n) is 13.8. The van der Waals surface area contributed by atoms with Crippen LogP contribution in [0.2, 0.25) is 0 Å². The van der Waals surface area contributed by atoms with Gasteiger partial charge in [-0.15, -0.1) is 0 Å². The topological polar surface area (TPSA) is 91.3 Å². The molecule has 2 saturated heterocycles. The van der Waals surface area contributed by atoms with Crippen LogP contribution in [0.15, 0.2) is 18.2 Å². The van der Waals surface area contributed by atoms with Gasteiger partial charge in [0, 0.05) is 31.8 Å². The second-order valence-electron chi connectivity index (χ2n) is 6.36. The summed E-state index contributed by atoms with van der Waals surface area (Å²) in [5.41, 5.74) is 0.216. The molecule has 1 aromatic rings. The van der Waals surface area contributed by atoms with Gasteiger partial charge in [0.25, 0.3) is 5.91 Å². The smallest absolute Gasteiger partial charge is 0.255 e. The third kappa shape index (κ3) is 3.63. The number of nitrogens with zero attached hydrogens (tertiary/aromatic N) is 1. The Morgan fingerprint density at radius 2 is 2.29 bits per heavy atom. The summed E-state index contributed by atoms with van der Waals surface area (Å²) in [6.45, 7) is 2.29. The first-order valence-corrected chi connectivity index (χ1v) is 8.25. The highest BCUT2D eigenvalue weighted by Gasteiger charge is 2.37. The summed E-state index contributed by atoms with van der Waals surface area (Å²) in [5, 5.41) is 21.9. The molecule has 1 aromatic carbocycles. The van der Waals surface area contributed by atoms with Crippen molar-refractivity contribution in [1.82, 2.24) is 10.2 Å². The molecule has 7 heteroatoms. The predicted molar refractivity (Wildman–Crippen MR) is 87.3 cm³/mol. The molecular formula is C17H24N2O5. The van der Waals surface area contributed by atoms with E-state index in [9.17, 15) is 9.90 Å². The number of benzene rings is 1. The van der Waals surface area contributed by atoms with Crippen LogP contribution >= 0.6 is 0 Å². The molecular weight excluding hydrogens is 312 g/mol. The Balaban J connectivity index is 1.60. The van der Waals surface area contributed by atoms with Crippen LogP contribution < -0.4 is 10.1 Å². The Bertz CT molecular complexity index is 594. The van der Waals surface area contributed by atoms with Crippen molar-refractivity contribution < 1.29 is 24.5 Å². The molecule has 2 aliphatic rings. The third-order valence-electron chi connectivity index (χ3n) is 4.72. The molecule has 2 fully saturated rings. The molecule has 0 radical (unpaired) electrons. The Morgan fingerprint density at radius 3 is 3.04 bits per heavy atom. The van der Waals surface area contributed by atoms with E-state index in [1.54, 1.807) is 6.07 Å². The number of hydrogen-bond acceptors (Lipinski definition) is 6. The fraction of sp³-hybridized carbons (Fsp3) is 0.588. The van der Waals surface area contributed by atoms with Gasteiger partial charge in [-0.25, -0.2) is 0 Å². The lowest BCUT2D eigenvalue weighted by molar-refractivity contribution is -0.0566. The number of hydrogen-bond donors (Lipinski definition) is 3. The first-order valence-electron chi connectivity index (χ1n) is 8.25. The van der Waals surface area contributed by atoms with Crippen LogP contribution in [0.1, 0.15) is 23.2 Å². The number of morpholine rings is 1. The summed E-state index contributed by atoms with van der Waals surface area (Å²) in [4.78, 5) is 14.8. The molecule has 0 unspecified atom stereocenters. The van der Waals surface area contributed by atoms with Crippen molar-refractivity contribution in [3.8, 4) is 11.5 Å². The molecule has 1 amide bonds. The maximum atomic E-state index is 12.5. The van der Waals surface area contributed by atoms with Gasteiger partial charge in [-0.2, -0.15) is 0 Å². The third-order valence-corrected chi connectivity index (χ3v) is 4.72. The second-order valence-corrected chi connectivity index (χ2v) is 6.36. The molecule has 3 N–H and O–H groups in total. The van der Waals surface area contributed by atoms with E-state index in [-0.39, 0.29) is 36.0 Å². The van der Waals surface area contributed by atoms with E-state index in [4.69, 9.17) is 14.6 Å². The number of methoxy groups -OCH3 is 1. The molecule has 0 saturated carbocycles. The predicted octanol–water partition coefficient (Wildman–Crippen LogP) is 0.355. The van der Waals surface area contributed by atoms with Crippen LogP contribution in [0, 0.1) is 0 Å². The summed E-state index contributed by atoms with van der Waals surface area (Å²) in [5.74, 6) is 0.168. The van der Waals surface area contributed by atoms with Gasteiger partial charge in [-0.3, -0.25) is 9.69 Å². The van der Waals surface area contributed by atoms with Crippen molar-refractivity contribution in [3.05, 3.63) is 23.8 Å². The maximum absolute atomic E-state index is 12.5. The molecule has 2 heterocycles. The number of fused-ring (bicyclic) bond motifs is 1. The second kappa shape index (κ2) is 7.38. The molecule has 0 bridgehead atoms. The maximum Gasteiger partial charge on any atom is 0.255 e. The molecule has 2 aliphatic heterocycles. The monoisotopic (exact) mass is 336 g/mol. The number of aromatic hydroxyl groups is 1. The lowest BCUT2D eigenvalue weighted by Crippen LogP contribution is -2.46. The van der Waals surface area contributed by atoms with Crippen LogP contribution in [-0.2, 0) is 4.74 Å². The number of amides is 1. The van der Waals surface area contributed by atoms with Gasteiger partial charge in [0.15, 0.2) is 0 Å². The highest BCUT2D eigenvalue weighted by atomic mass is 16.5. The van der Waals surface area contributed by atoms with Crippen molar-refractivity contribution in [2.75, 3.05) is 33.4 Å². The van der Waals surface area contributed by atoms with E-state index in [1.807, 2.05) is 0 Å². The molecule has 0 aromatic heterocycles. The molecule has 0 aliphatic carbocycles. The fourth-order valence-corrected chi connectivity index (χ4v) is 3.45. The van der Waals surface area contributed by atoms with E-state index < -0.39 is 0 Å². The van der Waals surface area contributed by atoms with Crippen LogP contribution in [0.25, 0.3) is 0 Å². The average Bonchev–Trinajstić information content (AvgIpc) is 2.97. The van der Waals surface area contributed by atoms with E-state index in [0.29, 0.717) is 24.8 Å². The van der Waals surface area contributed by atoms with Crippen molar-refractivity contribution in [2.24, 2.45) is 0 Å². The van der Waals surface area contributed by atoms with Crippen LogP contribution in [0.5, 0.6) is 11.5 Å². The van der Waals surface area contributed by atoms with Gasteiger partial charge in [0.2, 0.25) is 0 Å². The molecule has 24 heavy (non-hydrogen) atoms. The minimum Gasteiger partial charge on any atom is -0.507 e. The van der Waals surface area contributed by atoms with Gasteiger partial charge in [0.05, 0.1) is 25.4 Å². The SMILES string of the molecule is COc1ccc(O)c(C(=O)N[C@H]2C[C@H]3CO[C@@H](CCO)CN3C2)c1. The van der Waals surface area contributed by atoms with Crippen LogP contribution in [0.3, 0.4) is 0 Å². The van der Waals surface area contributed by atoms with Gasteiger partial charge in [0.1, 0.15) is 11.5 Å². The summed E-state index contributed by atoms with van der Waals surface area (Å²) < 4.78 is 10.9. The van der Waals surface area contributed by atoms with Crippen LogP contribution in [0.4, 0.5) is 0 Å². The first-order chi connectivity index (χ1) is 11.6. The van der Waals surface area contributed by atoms with Crippen molar-refractivity contribution in [3.63, 3.8) is 0 Å². The highest BCUT2D eigenvalue weighted by molar-refractivity contribution is 5.97. The van der Waals surface area contributed by atoms with Crippen molar-refractivity contribution >= 4 is 5.91 Å². The van der Waals surface area contributed by atoms with Crippen LogP contribution in [-0.4, -0.2) is 72.6 Å². The van der Waals surface area contributed by atoms with Crippen molar-refractivity contribution in [2.45, 2.75) is 31.0 Å². The summed E-state index contributed by atoms with van der Waals surface area (Å²) >= 11 is 0. The highest BCUT2D eigenvalue weighted by Crippen LogP contribution is 2.26. The number of aliphatic hydroxyl groups is 1. The van der Waals surface area contributed by atoms with E-state index in [1.165, 1.54) is 19.2 Å². The number of phenolic OH excluding ortho intramolecular Hbond substituents is 1. The first kappa shape index (κ1) is 17.0. The lowest BCUT2D eigenvalue weighted by atomic mass is 10.1. The number of carbonyl (C=O) groups is 1. The van der Waals surface area contributed by atoms with Gasteiger partial charge in [-0.05, 0) is 31.0 Å². The number of rotatable bonds is 5. The van der Waals surface area contributed by atoms with E-state index in [2.05, 4.69) is 10.2 Å². The number of phenols is 1. The Hall–Kier alpha value is -1.83. The molecule has 3 rings (SSSR count). The van der Waals surface area contributed by atoms with Gasteiger partial charge >= 0.3 is 0 Å². The van der Waals surface area contributed by atoms with Gasteiger partial charge in [-0.1, -0.05) is 0 Å². The molecule has 132 valence electrons.